The van der Waals surface area contributed by atoms with Crippen molar-refractivity contribution in [3.63, 3.8) is 0 Å². The van der Waals surface area contributed by atoms with Crippen molar-refractivity contribution < 1.29 is 9.66 Å². The summed E-state index contributed by atoms with van der Waals surface area (Å²) in [7, 11) is 0. The molecule has 1 unspecified atom stereocenters. The van der Waals surface area contributed by atoms with Crippen LogP contribution in [-0.2, 0) is 11.2 Å². The van der Waals surface area contributed by atoms with Crippen molar-refractivity contribution >= 4 is 11.2 Å². The van der Waals surface area contributed by atoms with Crippen LogP contribution in [0.5, 0.6) is 0 Å². The molecule has 0 heterocycles. The van der Waals surface area contributed by atoms with E-state index in [9.17, 15) is 9.66 Å². The summed E-state index contributed by atoms with van der Waals surface area (Å²) >= 11 is -0.914. The molecule has 0 spiro atoms. The molecule has 3 heteroatoms. The molecule has 0 radical (unpaired) electrons. The van der Waals surface area contributed by atoms with Crippen molar-refractivity contribution in [2.75, 3.05) is 5.75 Å². The van der Waals surface area contributed by atoms with Crippen molar-refractivity contribution in [3.8, 4) is 0 Å². The lowest BCUT2D eigenvalue weighted by Gasteiger charge is -2.33. The van der Waals surface area contributed by atoms with Crippen LogP contribution in [0.2, 0.25) is 0 Å². The summed E-state index contributed by atoms with van der Waals surface area (Å²) < 4.78 is 11.6. The van der Waals surface area contributed by atoms with Crippen molar-refractivity contribution in [2.24, 2.45) is 5.92 Å². The highest BCUT2D eigenvalue weighted by atomic mass is 32.2. The van der Waals surface area contributed by atoms with Gasteiger partial charge in [0.25, 0.3) is 0 Å². The van der Waals surface area contributed by atoms with Gasteiger partial charge in [0.1, 0.15) is 16.6 Å². The van der Waals surface area contributed by atoms with Gasteiger partial charge in [-0.3, -0.25) is 0 Å². The van der Waals surface area contributed by atoms with E-state index in [0.29, 0.717) is 5.75 Å². The van der Waals surface area contributed by atoms with Gasteiger partial charge in [-0.1, -0.05) is 13.8 Å². The molecular formula is C9H20O2S. The van der Waals surface area contributed by atoms with E-state index in [1.54, 1.807) is 13.8 Å². The lowest BCUT2D eigenvalue weighted by Crippen LogP contribution is -2.46. The molecule has 1 N–H and O–H groups in total. The smallest absolute Gasteiger partial charge is 0.145 e. The minimum atomic E-state index is -0.914. The van der Waals surface area contributed by atoms with E-state index in [1.807, 2.05) is 20.8 Å². The largest absolute Gasteiger partial charge is 0.616 e. The molecule has 0 saturated heterocycles. The molecule has 2 atom stereocenters. The van der Waals surface area contributed by atoms with Crippen LogP contribution in [0, 0.1) is 5.92 Å². The first-order chi connectivity index (χ1) is 5.30. The van der Waals surface area contributed by atoms with Crippen LogP contribution in [-0.4, -0.2) is 26.3 Å². The average Bonchev–Trinajstić information content (AvgIpc) is 1.83. The van der Waals surface area contributed by atoms with Gasteiger partial charge in [-0.2, -0.15) is 0 Å². The molecule has 74 valence electrons. The van der Waals surface area contributed by atoms with E-state index in [1.165, 1.54) is 0 Å². The summed E-state index contributed by atoms with van der Waals surface area (Å²) in [6, 6.07) is 0. The first-order valence-electron chi connectivity index (χ1n) is 4.40. The zero-order chi connectivity index (χ0) is 9.94. The normalized spacial score (nSPS) is 18.0. The summed E-state index contributed by atoms with van der Waals surface area (Å²) in [6.45, 7) is 9.33. The van der Waals surface area contributed by atoms with Crippen molar-refractivity contribution in [2.45, 2.75) is 45.5 Å². The second-order valence-corrected chi connectivity index (χ2v) is 5.83. The Morgan fingerprint density at radius 2 is 1.83 bits per heavy atom. The quantitative estimate of drug-likeness (QED) is 0.687. The summed E-state index contributed by atoms with van der Waals surface area (Å²) in [4.78, 5) is 0. The molecule has 0 aliphatic heterocycles. The summed E-state index contributed by atoms with van der Waals surface area (Å²) in [5, 5.41) is 9.63. The first kappa shape index (κ1) is 12.3. The van der Waals surface area contributed by atoms with Crippen molar-refractivity contribution in [1.82, 2.24) is 0 Å². The maximum absolute atomic E-state index is 11.6. The average molecular weight is 192 g/mol. The van der Waals surface area contributed by atoms with Crippen LogP contribution in [0.15, 0.2) is 0 Å². The molecule has 12 heavy (non-hydrogen) atoms. The molecule has 0 amide bonds. The molecule has 0 aliphatic carbocycles. The Kier molecular flexibility index (Phi) is 4.59. The van der Waals surface area contributed by atoms with Gasteiger partial charge in [0.15, 0.2) is 0 Å². The maximum atomic E-state index is 11.6. The van der Waals surface area contributed by atoms with E-state index in [0.717, 1.165) is 0 Å². The Morgan fingerprint density at radius 1 is 1.42 bits per heavy atom. The standard InChI is InChI=1S/C9H20O2S/c1-6-12(11)8(7(2)3)9(4,5)10/h7-8,10H,6H2,1-5H3/t8?,12-/m1/s1. The first-order valence-corrected chi connectivity index (χ1v) is 5.78. The van der Waals surface area contributed by atoms with E-state index < -0.39 is 16.8 Å². The van der Waals surface area contributed by atoms with Gasteiger partial charge in [0.2, 0.25) is 0 Å². The van der Waals surface area contributed by atoms with E-state index in [-0.39, 0.29) is 11.2 Å². The molecule has 0 saturated carbocycles. The number of aliphatic hydroxyl groups is 1. The molecular weight excluding hydrogens is 172 g/mol. The fraction of sp³-hybridized carbons (Fsp3) is 1.00. The van der Waals surface area contributed by atoms with Crippen LogP contribution < -0.4 is 0 Å². The van der Waals surface area contributed by atoms with Gasteiger partial charge in [-0.25, -0.2) is 0 Å². The molecule has 0 aromatic heterocycles. The van der Waals surface area contributed by atoms with Crippen molar-refractivity contribution in [3.05, 3.63) is 0 Å². The zero-order valence-corrected chi connectivity index (χ0v) is 9.44. The molecule has 0 bridgehead atoms. The summed E-state index contributed by atoms with van der Waals surface area (Å²) in [6.07, 6.45) is 0. The third-order valence-electron chi connectivity index (χ3n) is 1.87. The zero-order valence-electron chi connectivity index (χ0n) is 8.63. The van der Waals surface area contributed by atoms with Crippen LogP contribution in [0.25, 0.3) is 0 Å². The van der Waals surface area contributed by atoms with Crippen LogP contribution in [0.4, 0.5) is 0 Å². The molecule has 2 nitrogen and oxygen atoms in total. The van der Waals surface area contributed by atoms with Gasteiger partial charge in [-0.15, -0.1) is 0 Å². The molecule has 0 rings (SSSR count). The topological polar surface area (TPSA) is 43.3 Å². The van der Waals surface area contributed by atoms with Crippen LogP contribution in [0.3, 0.4) is 0 Å². The van der Waals surface area contributed by atoms with Crippen LogP contribution >= 0.6 is 0 Å². The van der Waals surface area contributed by atoms with E-state index in [2.05, 4.69) is 0 Å². The Morgan fingerprint density at radius 3 is 1.92 bits per heavy atom. The lowest BCUT2D eigenvalue weighted by atomic mass is 9.96. The van der Waals surface area contributed by atoms with E-state index in [4.69, 9.17) is 0 Å². The number of hydrogen-bond donors (Lipinski definition) is 1. The number of rotatable bonds is 4. The highest BCUT2D eigenvalue weighted by molar-refractivity contribution is 7.92. The monoisotopic (exact) mass is 192 g/mol. The Labute approximate surface area is 78.5 Å². The van der Waals surface area contributed by atoms with E-state index >= 15 is 0 Å². The Hall–Kier alpha value is 0.270. The minimum absolute atomic E-state index is 0.123. The molecule has 0 aromatic carbocycles. The highest BCUT2D eigenvalue weighted by Gasteiger charge is 2.38. The van der Waals surface area contributed by atoms with Gasteiger partial charge < -0.3 is 9.66 Å². The van der Waals surface area contributed by atoms with Gasteiger partial charge in [0, 0.05) is 5.92 Å². The minimum Gasteiger partial charge on any atom is -0.616 e. The second-order valence-electron chi connectivity index (χ2n) is 3.99. The van der Waals surface area contributed by atoms with Crippen LogP contribution in [0.1, 0.15) is 34.6 Å². The lowest BCUT2D eigenvalue weighted by molar-refractivity contribution is 0.0618. The van der Waals surface area contributed by atoms with Gasteiger partial charge in [-0.05, 0) is 31.9 Å². The third kappa shape index (κ3) is 3.33. The Balaban J connectivity index is 4.44. The fourth-order valence-corrected chi connectivity index (χ4v) is 3.23. The third-order valence-corrected chi connectivity index (χ3v) is 4.13. The SMILES string of the molecule is CC[S@@+]([O-])C(C(C)C)C(C)(C)O. The van der Waals surface area contributed by atoms with Gasteiger partial charge in [0.05, 0.1) is 0 Å². The maximum Gasteiger partial charge on any atom is 0.145 e. The Bertz CT molecular complexity index is 129. The molecule has 0 fully saturated rings. The van der Waals surface area contributed by atoms with Gasteiger partial charge >= 0.3 is 0 Å². The summed E-state index contributed by atoms with van der Waals surface area (Å²) in [5.41, 5.74) is -0.838. The number of hydrogen-bond acceptors (Lipinski definition) is 2. The molecule has 0 aliphatic rings. The summed E-state index contributed by atoms with van der Waals surface area (Å²) in [5.74, 6) is 0.873. The predicted octanol–water partition coefficient (Wildman–Crippen LogP) is 1.55. The fourth-order valence-electron chi connectivity index (χ4n) is 1.62. The van der Waals surface area contributed by atoms with Crippen molar-refractivity contribution in [1.29, 1.82) is 0 Å². The highest BCUT2D eigenvalue weighted by Crippen LogP contribution is 2.24. The second kappa shape index (κ2) is 4.49. The predicted molar refractivity (Wildman–Crippen MR) is 53.6 cm³/mol. The molecule has 0 aromatic rings.